The SMILES string of the molecule is CCc1cc(S(N)(=O)=O)n(CCN(C)C)n1. The number of sulfonamides is 1. The van der Waals surface area contributed by atoms with Crippen LogP contribution in [0.25, 0.3) is 0 Å². The fourth-order valence-corrected chi connectivity index (χ4v) is 2.03. The zero-order chi connectivity index (χ0) is 12.3. The highest BCUT2D eigenvalue weighted by Crippen LogP contribution is 2.10. The van der Waals surface area contributed by atoms with E-state index in [1.54, 1.807) is 0 Å². The van der Waals surface area contributed by atoms with Crippen LogP contribution in [0.1, 0.15) is 12.6 Å². The summed E-state index contributed by atoms with van der Waals surface area (Å²) in [5.41, 5.74) is 0.739. The minimum absolute atomic E-state index is 0.0891. The van der Waals surface area contributed by atoms with Gasteiger partial charge < -0.3 is 4.90 Å². The van der Waals surface area contributed by atoms with Gasteiger partial charge in [0.1, 0.15) is 0 Å². The Morgan fingerprint density at radius 2 is 2.12 bits per heavy atom. The zero-order valence-corrected chi connectivity index (χ0v) is 10.7. The van der Waals surface area contributed by atoms with E-state index in [4.69, 9.17) is 5.14 Å². The van der Waals surface area contributed by atoms with Crippen molar-refractivity contribution >= 4 is 10.0 Å². The van der Waals surface area contributed by atoms with E-state index in [1.807, 2.05) is 25.9 Å². The Morgan fingerprint density at radius 1 is 1.50 bits per heavy atom. The smallest absolute Gasteiger partial charge is 0.255 e. The predicted octanol–water partition coefficient (Wildman–Crippen LogP) is -0.345. The molecule has 1 aromatic heterocycles. The van der Waals surface area contributed by atoms with E-state index in [0.717, 1.165) is 5.69 Å². The summed E-state index contributed by atoms with van der Waals surface area (Å²) in [5.74, 6) is 0. The highest BCUT2D eigenvalue weighted by atomic mass is 32.2. The molecule has 0 fully saturated rings. The molecule has 0 saturated heterocycles. The van der Waals surface area contributed by atoms with E-state index in [2.05, 4.69) is 5.10 Å². The molecule has 92 valence electrons. The molecule has 0 unspecified atom stereocenters. The number of hydrogen-bond donors (Lipinski definition) is 1. The maximum Gasteiger partial charge on any atom is 0.255 e. The number of aromatic nitrogens is 2. The summed E-state index contributed by atoms with van der Waals surface area (Å²) in [7, 11) is 0.146. The third kappa shape index (κ3) is 3.29. The maximum atomic E-state index is 11.3. The quantitative estimate of drug-likeness (QED) is 0.770. The predicted molar refractivity (Wildman–Crippen MR) is 61.5 cm³/mol. The van der Waals surface area contributed by atoms with Crippen LogP contribution in [0, 0.1) is 0 Å². The lowest BCUT2D eigenvalue weighted by Crippen LogP contribution is -2.23. The minimum Gasteiger partial charge on any atom is -0.308 e. The van der Waals surface area contributed by atoms with E-state index >= 15 is 0 Å². The van der Waals surface area contributed by atoms with Gasteiger partial charge in [-0.25, -0.2) is 13.6 Å². The molecule has 0 aliphatic rings. The normalized spacial score (nSPS) is 12.3. The second kappa shape index (κ2) is 4.94. The molecule has 0 bridgehead atoms. The van der Waals surface area contributed by atoms with Crippen LogP contribution in [0.3, 0.4) is 0 Å². The molecule has 1 aromatic rings. The summed E-state index contributed by atoms with van der Waals surface area (Å²) in [5, 5.41) is 9.42. The Bertz CT molecular complexity index is 450. The summed E-state index contributed by atoms with van der Waals surface area (Å²) in [6.45, 7) is 3.15. The molecule has 0 aliphatic carbocycles. The molecular weight excluding hydrogens is 228 g/mol. The molecule has 0 spiro atoms. The van der Waals surface area contributed by atoms with Crippen molar-refractivity contribution in [3.8, 4) is 0 Å². The Labute approximate surface area is 96.1 Å². The maximum absolute atomic E-state index is 11.3. The Morgan fingerprint density at radius 3 is 2.56 bits per heavy atom. The van der Waals surface area contributed by atoms with Gasteiger partial charge in [-0.15, -0.1) is 0 Å². The number of aryl methyl sites for hydroxylation is 1. The van der Waals surface area contributed by atoms with Gasteiger partial charge in [0, 0.05) is 6.54 Å². The van der Waals surface area contributed by atoms with Crippen molar-refractivity contribution in [3.63, 3.8) is 0 Å². The van der Waals surface area contributed by atoms with Crippen molar-refractivity contribution in [3.05, 3.63) is 11.8 Å². The third-order valence-corrected chi connectivity index (χ3v) is 3.12. The fraction of sp³-hybridized carbons (Fsp3) is 0.667. The van der Waals surface area contributed by atoms with Crippen molar-refractivity contribution in [2.75, 3.05) is 20.6 Å². The first-order valence-electron chi connectivity index (χ1n) is 5.09. The molecule has 0 aliphatic heterocycles. The number of likely N-dealkylation sites (N-methyl/N-ethyl adjacent to an activating group) is 1. The molecule has 16 heavy (non-hydrogen) atoms. The van der Waals surface area contributed by atoms with Gasteiger partial charge in [-0.2, -0.15) is 5.10 Å². The lowest BCUT2D eigenvalue weighted by atomic mass is 10.3. The lowest BCUT2D eigenvalue weighted by molar-refractivity contribution is 0.362. The summed E-state index contributed by atoms with van der Waals surface area (Å²) >= 11 is 0. The van der Waals surface area contributed by atoms with Gasteiger partial charge >= 0.3 is 0 Å². The summed E-state index contributed by atoms with van der Waals surface area (Å²) < 4.78 is 24.1. The summed E-state index contributed by atoms with van der Waals surface area (Å²) in [6, 6.07) is 1.53. The van der Waals surface area contributed by atoms with E-state index in [0.29, 0.717) is 19.5 Å². The first-order chi connectivity index (χ1) is 7.34. The van der Waals surface area contributed by atoms with E-state index < -0.39 is 10.0 Å². The average Bonchev–Trinajstić information content (AvgIpc) is 2.57. The highest BCUT2D eigenvalue weighted by molar-refractivity contribution is 7.89. The topological polar surface area (TPSA) is 81.2 Å². The Kier molecular flexibility index (Phi) is 4.06. The standard InChI is InChI=1S/C9H18N4O2S/c1-4-8-7-9(16(10,14)15)13(11-8)6-5-12(2)3/h7H,4-6H2,1-3H3,(H2,10,14,15). The molecule has 7 heteroatoms. The minimum atomic E-state index is -3.69. The van der Waals surface area contributed by atoms with E-state index in [-0.39, 0.29) is 5.03 Å². The monoisotopic (exact) mass is 246 g/mol. The second-order valence-corrected chi connectivity index (χ2v) is 5.41. The number of rotatable bonds is 5. The van der Waals surface area contributed by atoms with Crippen molar-refractivity contribution < 1.29 is 8.42 Å². The molecule has 0 amide bonds. The third-order valence-electron chi connectivity index (χ3n) is 2.21. The lowest BCUT2D eigenvalue weighted by Gasteiger charge is -2.10. The largest absolute Gasteiger partial charge is 0.308 e. The Balaban J connectivity index is 3.02. The van der Waals surface area contributed by atoms with Crippen molar-refractivity contribution in [2.45, 2.75) is 24.9 Å². The summed E-state index contributed by atoms with van der Waals surface area (Å²) in [4.78, 5) is 1.96. The number of nitrogens with zero attached hydrogens (tertiary/aromatic N) is 3. The molecule has 1 heterocycles. The van der Waals surface area contributed by atoms with Crippen molar-refractivity contribution in [2.24, 2.45) is 5.14 Å². The van der Waals surface area contributed by atoms with Gasteiger partial charge in [0.25, 0.3) is 10.0 Å². The molecule has 2 N–H and O–H groups in total. The van der Waals surface area contributed by atoms with E-state index in [9.17, 15) is 8.42 Å². The number of primary sulfonamides is 1. The zero-order valence-electron chi connectivity index (χ0n) is 9.84. The van der Waals surface area contributed by atoms with Gasteiger partial charge in [0.2, 0.25) is 0 Å². The van der Waals surface area contributed by atoms with Crippen LogP contribution in [-0.2, 0) is 23.0 Å². The van der Waals surface area contributed by atoms with Crippen LogP contribution in [-0.4, -0.2) is 43.7 Å². The van der Waals surface area contributed by atoms with Crippen molar-refractivity contribution in [1.29, 1.82) is 0 Å². The number of hydrogen-bond acceptors (Lipinski definition) is 4. The molecular formula is C9H18N4O2S. The van der Waals surface area contributed by atoms with Crippen LogP contribution in [0.4, 0.5) is 0 Å². The summed E-state index contributed by atoms with van der Waals surface area (Å²) in [6.07, 6.45) is 0.692. The molecule has 0 aromatic carbocycles. The van der Waals surface area contributed by atoms with Gasteiger partial charge in [-0.3, -0.25) is 4.68 Å². The van der Waals surface area contributed by atoms with Gasteiger partial charge in [0.05, 0.1) is 12.2 Å². The highest BCUT2D eigenvalue weighted by Gasteiger charge is 2.16. The number of nitrogens with two attached hydrogens (primary N) is 1. The van der Waals surface area contributed by atoms with Crippen LogP contribution in [0.5, 0.6) is 0 Å². The molecule has 0 saturated carbocycles. The van der Waals surface area contributed by atoms with Crippen molar-refractivity contribution in [1.82, 2.24) is 14.7 Å². The first-order valence-corrected chi connectivity index (χ1v) is 6.63. The molecule has 0 radical (unpaired) electrons. The van der Waals surface area contributed by atoms with Crippen LogP contribution in [0.2, 0.25) is 0 Å². The molecule has 0 atom stereocenters. The Hall–Kier alpha value is -0.920. The molecule has 6 nitrogen and oxygen atoms in total. The van der Waals surface area contributed by atoms with Crippen LogP contribution < -0.4 is 5.14 Å². The van der Waals surface area contributed by atoms with E-state index in [1.165, 1.54) is 10.7 Å². The van der Waals surface area contributed by atoms with Gasteiger partial charge in [-0.1, -0.05) is 6.92 Å². The second-order valence-electron chi connectivity index (χ2n) is 3.90. The average molecular weight is 246 g/mol. The van der Waals surface area contributed by atoms with Gasteiger partial charge in [0.15, 0.2) is 5.03 Å². The van der Waals surface area contributed by atoms with Crippen LogP contribution in [0.15, 0.2) is 11.1 Å². The van der Waals surface area contributed by atoms with Crippen LogP contribution >= 0.6 is 0 Å². The van der Waals surface area contributed by atoms with Gasteiger partial charge in [-0.05, 0) is 26.6 Å². The fourth-order valence-electron chi connectivity index (χ4n) is 1.31. The first kappa shape index (κ1) is 13.1. The molecule has 1 rings (SSSR count).